The fourth-order valence-corrected chi connectivity index (χ4v) is 1.85. The van der Waals surface area contributed by atoms with Gasteiger partial charge in [0.05, 0.1) is 0 Å². The number of phenols is 1. The Morgan fingerprint density at radius 2 is 1.91 bits per heavy atom. The number of aromatic nitrogens is 1. The van der Waals surface area contributed by atoms with Crippen LogP contribution < -0.4 is 0 Å². The van der Waals surface area contributed by atoms with Crippen molar-refractivity contribution in [3.63, 3.8) is 0 Å². The molecule has 1 heterocycles. The minimum absolute atomic E-state index is 0.0364. The maximum Gasteiger partial charge on any atom is 0.143 e. The van der Waals surface area contributed by atoms with Crippen LogP contribution in [0.4, 0.5) is 0 Å². The second-order valence-corrected chi connectivity index (χ2v) is 6.11. The zero-order chi connectivity index (χ0) is 16.3. The van der Waals surface area contributed by atoms with E-state index in [0.29, 0.717) is 10.6 Å². The Bertz CT molecular complexity index is 709. The largest absolute Gasteiger partial charge is 0.507 e. The molecule has 0 unspecified atom stereocenters. The number of pyridine rings is 1. The Morgan fingerprint density at radius 1 is 1.18 bits per heavy atom. The molecule has 0 aliphatic heterocycles. The van der Waals surface area contributed by atoms with Crippen LogP contribution >= 0.6 is 11.6 Å². The molecule has 0 aliphatic rings. The molecule has 0 saturated carbocycles. The van der Waals surface area contributed by atoms with E-state index in [2.05, 4.69) is 10.1 Å². The standard InChI is InChI=1S/C16H17ClN2O3/c1-16(2,3)22-19-14(15-13(21)5-4-8-18-15)11-9-10(17)6-7-12(11)20/h4-9,20-21H,1-3H3/b19-14-. The smallest absolute Gasteiger partial charge is 0.143 e. The van der Waals surface area contributed by atoms with Crippen molar-refractivity contribution in [2.75, 3.05) is 0 Å². The van der Waals surface area contributed by atoms with E-state index in [4.69, 9.17) is 16.4 Å². The summed E-state index contributed by atoms with van der Waals surface area (Å²) in [5, 5.41) is 24.6. The van der Waals surface area contributed by atoms with E-state index in [-0.39, 0.29) is 22.9 Å². The molecule has 6 heteroatoms. The molecule has 0 radical (unpaired) electrons. The summed E-state index contributed by atoms with van der Waals surface area (Å²) < 4.78 is 0. The van der Waals surface area contributed by atoms with Crippen molar-refractivity contribution in [2.24, 2.45) is 5.16 Å². The molecule has 1 aromatic heterocycles. The number of halogens is 1. The number of hydrogen-bond donors (Lipinski definition) is 2. The Kier molecular flexibility index (Phi) is 4.56. The number of oxime groups is 1. The second-order valence-electron chi connectivity index (χ2n) is 5.68. The molecule has 0 saturated heterocycles. The van der Waals surface area contributed by atoms with Gasteiger partial charge < -0.3 is 15.1 Å². The molecular weight excluding hydrogens is 304 g/mol. The third kappa shape index (κ3) is 3.89. The van der Waals surface area contributed by atoms with Crippen LogP contribution in [-0.4, -0.2) is 26.5 Å². The maximum atomic E-state index is 10.1. The fourth-order valence-electron chi connectivity index (χ4n) is 1.68. The molecule has 0 fully saturated rings. The molecule has 2 aromatic rings. The van der Waals surface area contributed by atoms with Crippen LogP contribution in [-0.2, 0) is 4.84 Å². The van der Waals surface area contributed by atoms with Crippen molar-refractivity contribution in [3.05, 3.63) is 52.8 Å². The van der Waals surface area contributed by atoms with E-state index in [1.807, 2.05) is 20.8 Å². The van der Waals surface area contributed by atoms with E-state index < -0.39 is 5.60 Å². The molecule has 0 spiro atoms. The van der Waals surface area contributed by atoms with E-state index in [0.717, 1.165) is 0 Å². The number of hydrogen-bond acceptors (Lipinski definition) is 5. The topological polar surface area (TPSA) is 74.9 Å². The van der Waals surface area contributed by atoms with Gasteiger partial charge >= 0.3 is 0 Å². The van der Waals surface area contributed by atoms with Gasteiger partial charge in [0.2, 0.25) is 0 Å². The Morgan fingerprint density at radius 3 is 2.55 bits per heavy atom. The summed E-state index contributed by atoms with van der Waals surface area (Å²) in [5.74, 6) is -0.108. The van der Waals surface area contributed by atoms with Gasteiger partial charge in [-0.25, -0.2) is 0 Å². The van der Waals surface area contributed by atoms with E-state index in [1.165, 1.54) is 24.4 Å². The summed E-state index contributed by atoms with van der Waals surface area (Å²) >= 11 is 5.99. The molecule has 0 aliphatic carbocycles. The Labute approximate surface area is 133 Å². The minimum atomic E-state index is -0.538. The summed E-state index contributed by atoms with van der Waals surface area (Å²) in [4.78, 5) is 9.54. The van der Waals surface area contributed by atoms with E-state index >= 15 is 0 Å². The van der Waals surface area contributed by atoms with Crippen molar-refractivity contribution in [3.8, 4) is 11.5 Å². The first-order chi connectivity index (χ1) is 10.3. The van der Waals surface area contributed by atoms with Gasteiger partial charge in [-0.1, -0.05) is 16.8 Å². The normalized spacial score (nSPS) is 12.3. The zero-order valence-corrected chi connectivity index (χ0v) is 13.3. The predicted octanol–water partition coefficient (Wildman–Crippen LogP) is 3.71. The molecule has 2 rings (SSSR count). The highest BCUT2D eigenvalue weighted by molar-refractivity contribution is 6.31. The number of rotatable bonds is 3. The van der Waals surface area contributed by atoms with Crippen molar-refractivity contribution < 1.29 is 15.1 Å². The summed E-state index contributed by atoms with van der Waals surface area (Å²) in [7, 11) is 0. The molecule has 5 nitrogen and oxygen atoms in total. The molecule has 22 heavy (non-hydrogen) atoms. The van der Waals surface area contributed by atoms with Crippen LogP contribution in [0.25, 0.3) is 0 Å². The number of benzene rings is 1. The van der Waals surface area contributed by atoms with Crippen LogP contribution in [0.1, 0.15) is 32.0 Å². The first-order valence-corrected chi connectivity index (χ1v) is 7.05. The number of nitrogens with zero attached hydrogens (tertiary/aromatic N) is 2. The molecule has 0 amide bonds. The third-order valence-corrected chi connectivity index (χ3v) is 2.87. The van der Waals surface area contributed by atoms with Crippen LogP contribution in [0.5, 0.6) is 11.5 Å². The zero-order valence-electron chi connectivity index (χ0n) is 12.5. The van der Waals surface area contributed by atoms with Crippen LogP contribution in [0.2, 0.25) is 5.02 Å². The van der Waals surface area contributed by atoms with Gasteiger partial charge in [-0.2, -0.15) is 0 Å². The van der Waals surface area contributed by atoms with Gasteiger partial charge in [-0.3, -0.25) is 4.98 Å². The van der Waals surface area contributed by atoms with Gasteiger partial charge in [0.1, 0.15) is 28.5 Å². The highest BCUT2D eigenvalue weighted by atomic mass is 35.5. The molecule has 116 valence electrons. The van der Waals surface area contributed by atoms with Crippen LogP contribution in [0.15, 0.2) is 41.7 Å². The molecular formula is C16H17ClN2O3. The average Bonchev–Trinajstić information content (AvgIpc) is 2.43. The monoisotopic (exact) mass is 320 g/mol. The summed E-state index contributed by atoms with van der Waals surface area (Å²) in [6.45, 7) is 5.51. The van der Waals surface area contributed by atoms with Crippen molar-refractivity contribution in [2.45, 2.75) is 26.4 Å². The lowest BCUT2D eigenvalue weighted by atomic mass is 10.1. The van der Waals surface area contributed by atoms with Crippen molar-refractivity contribution in [1.29, 1.82) is 0 Å². The van der Waals surface area contributed by atoms with Crippen LogP contribution in [0.3, 0.4) is 0 Å². The molecule has 2 N–H and O–H groups in total. The maximum absolute atomic E-state index is 10.1. The van der Waals surface area contributed by atoms with E-state index in [1.54, 1.807) is 12.1 Å². The van der Waals surface area contributed by atoms with Crippen molar-refractivity contribution >= 4 is 17.3 Å². The van der Waals surface area contributed by atoms with Gasteiger partial charge in [-0.15, -0.1) is 0 Å². The van der Waals surface area contributed by atoms with Crippen molar-refractivity contribution in [1.82, 2.24) is 4.98 Å². The molecule has 0 bridgehead atoms. The lowest BCUT2D eigenvalue weighted by Crippen LogP contribution is -2.18. The molecule has 0 atom stereocenters. The summed E-state index contributed by atoms with van der Waals surface area (Å²) in [6, 6.07) is 7.62. The van der Waals surface area contributed by atoms with Gasteiger partial charge in [0, 0.05) is 16.8 Å². The van der Waals surface area contributed by atoms with Gasteiger partial charge in [0.25, 0.3) is 0 Å². The highest BCUT2D eigenvalue weighted by Crippen LogP contribution is 2.27. The van der Waals surface area contributed by atoms with E-state index in [9.17, 15) is 10.2 Å². The fraction of sp³-hybridized carbons (Fsp3) is 0.250. The number of aromatic hydroxyl groups is 2. The Hall–Kier alpha value is -2.27. The quantitative estimate of drug-likeness (QED) is 0.667. The summed E-state index contributed by atoms with van der Waals surface area (Å²) in [5.41, 5.74) is 0.187. The van der Waals surface area contributed by atoms with Gasteiger partial charge in [-0.05, 0) is 51.1 Å². The summed E-state index contributed by atoms with van der Waals surface area (Å²) in [6.07, 6.45) is 1.52. The predicted molar refractivity (Wildman–Crippen MR) is 85.5 cm³/mol. The van der Waals surface area contributed by atoms with Crippen LogP contribution in [0, 0.1) is 0 Å². The van der Waals surface area contributed by atoms with Gasteiger partial charge in [0.15, 0.2) is 0 Å². The SMILES string of the molecule is CC(C)(C)O/N=C(/c1cc(Cl)ccc1O)c1ncccc1O. The first-order valence-electron chi connectivity index (χ1n) is 6.67. The lowest BCUT2D eigenvalue weighted by molar-refractivity contribution is 0.00109. The Balaban J connectivity index is 2.61. The lowest BCUT2D eigenvalue weighted by Gasteiger charge is -2.17. The average molecular weight is 321 g/mol. The second kappa shape index (κ2) is 6.23. The third-order valence-electron chi connectivity index (χ3n) is 2.64. The minimum Gasteiger partial charge on any atom is -0.507 e. The molecule has 1 aromatic carbocycles. The number of phenolic OH excluding ortho intramolecular Hbond substituents is 1. The highest BCUT2D eigenvalue weighted by Gasteiger charge is 2.20. The first kappa shape index (κ1) is 16.1.